The Morgan fingerprint density at radius 2 is 1.33 bits per heavy atom. The lowest BCUT2D eigenvalue weighted by Gasteiger charge is -2.18. The Labute approximate surface area is 210 Å². The van der Waals surface area contributed by atoms with Gasteiger partial charge < -0.3 is 14.2 Å². The number of rotatable bonds is 8. The lowest BCUT2D eigenvalue weighted by Crippen LogP contribution is -2.20. The minimum atomic E-state index is -0.590. The molecule has 0 aromatic heterocycles. The number of nitriles is 1. The second-order valence-corrected chi connectivity index (χ2v) is 7.96. The van der Waals surface area contributed by atoms with Gasteiger partial charge in [0, 0.05) is 5.56 Å². The van der Waals surface area contributed by atoms with Crippen molar-refractivity contribution in [3.63, 3.8) is 0 Å². The fourth-order valence-electron chi connectivity index (χ4n) is 3.99. The van der Waals surface area contributed by atoms with Gasteiger partial charge in [-0.25, -0.2) is 0 Å². The Bertz CT molecular complexity index is 1370. The zero-order valence-electron chi connectivity index (χ0n) is 20.0. The second-order valence-electron chi connectivity index (χ2n) is 7.96. The van der Waals surface area contributed by atoms with Gasteiger partial charge in [-0.05, 0) is 47.0 Å². The first-order valence-corrected chi connectivity index (χ1v) is 11.4. The SMILES string of the molecule is COc1cc(/C=C(/C#N)c2ccccc2OC)ccc1OC(=O)C(c1ccccc1)c1ccccc1. The van der Waals surface area contributed by atoms with Crippen LogP contribution in [-0.2, 0) is 4.79 Å². The van der Waals surface area contributed by atoms with Crippen LogP contribution in [0.4, 0.5) is 0 Å². The quantitative estimate of drug-likeness (QED) is 0.126. The number of para-hydroxylation sites is 1. The normalized spacial score (nSPS) is 11.0. The van der Waals surface area contributed by atoms with E-state index in [1.165, 1.54) is 7.11 Å². The first-order valence-electron chi connectivity index (χ1n) is 11.4. The van der Waals surface area contributed by atoms with E-state index in [9.17, 15) is 10.1 Å². The van der Waals surface area contributed by atoms with Crippen molar-refractivity contribution in [1.82, 2.24) is 0 Å². The van der Waals surface area contributed by atoms with E-state index in [0.29, 0.717) is 28.4 Å². The molecule has 0 aliphatic carbocycles. The van der Waals surface area contributed by atoms with Gasteiger partial charge in [0.25, 0.3) is 0 Å². The highest BCUT2D eigenvalue weighted by atomic mass is 16.6. The Hall–Kier alpha value is -4.82. The van der Waals surface area contributed by atoms with Crippen molar-refractivity contribution in [1.29, 1.82) is 5.26 Å². The van der Waals surface area contributed by atoms with Gasteiger partial charge in [0.2, 0.25) is 0 Å². The third-order valence-corrected chi connectivity index (χ3v) is 5.73. The molecule has 0 spiro atoms. The predicted octanol–water partition coefficient (Wildman–Crippen LogP) is 6.51. The molecule has 0 fully saturated rings. The fourth-order valence-corrected chi connectivity index (χ4v) is 3.99. The maximum atomic E-state index is 13.4. The highest BCUT2D eigenvalue weighted by Crippen LogP contribution is 2.34. The van der Waals surface area contributed by atoms with E-state index in [4.69, 9.17) is 14.2 Å². The van der Waals surface area contributed by atoms with Crippen molar-refractivity contribution in [3.8, 4) is 23.3 Å². The Morgan fingerprint density at radius 1 is 0.750 bits per heavy atom. The summed E-state index contributed by atoms with van der Waals surface area (Å²) >= 11 is 0. The summed E-state index contributed by atoms with van der Waals surface area (Å²) < 4.78 is 16.8. The van der Waals surface area contributed by atoms with E-state index < -0.39 is 11.9 Å². The van der Waals surface area contributed by atoms with E-state index in [1.54, 1.807) is 37.5 Å². The molecule has 4 aromatic carbocycles. The lowest BCUT2D eigenvalue weighted by atomic mass is 9.91. The van der Waals surface area contributed by atoms with Crippen LogP contribution in [0.3, 0.4) is 0 Å². The largest absolute Gasteiger partial charge is 0.496 e. The number of hydrogen-bond donors (Lipinski definition) is 0. The average Bonchev–Trinajstić information content (AvgIpc) is 2.93. The van der Waals surface area contributed by atoms with Gasteiger partial charge in [-0.2, -0.15) is 5.26 Å². The molecule has 4 rings (SSSR count). The van der Waals surface area contributed by atoms with Crippen molar-refractivity contribution in [2.75, 3.05) is 14.2 Å². The molecule has 0 unspecified atom stereocenters. The molecule has 178 valence electrons. The summed E-state index contributed by atoms with van der Waals surface area (Å²) in [5.74, 6) is 0.283. The van der Waals surface area contributed by atoms with Crippen LogP contribution in [-0.4, -0.2) is 20.2 Å². The molecule has 36 heavy (non-hydrogen) atoms. The molecule has 4 aromatic rings. The van der Waals surface area contributed by atoms with E-state index in [2.05, 4.69) is 6.07 Å². The summed E-state index contributed by atoms with van der Waals surface area (Å²) in [6.45, 7) is 0. The van der Waals surface area contributed by atoms with Gasteiger partial charge in [-0.15, -0.1) is 0 Å². The predicted molar refractivity (Wildman–Crippen MR) is 140 cm³/mol. The molecule has 0 amide bonds. The summed E-state index contributed by atoms with van der Waals surface area (Å²) in [6, 6.07) is 33.8. The molecule has 0 bridgehead atoms. The number of nitrogens with zero attached hydrogens (tertiary/aromatic N) is 1. The smallest absolute Gasteiger partial charge is 0.323 e. The third-order valence-electron chi connectivity index (χ3n) is 5.73. The maximum Gasteiger partial charge on any atom is 0.323 e. The molecule has 0 aliphatic rings. The van der Waals surface area contributed by atoms with Gasteiger partial charge in [-0.1, -0.05) is 78.9 Å². The molecule has 0 aliphatic heterocycles. The van der Waals surface area contributed by atoms with Crippen LogP contribution in [0, 0.1) is 11.3 Å². The summed E-state index contributed by atoms with van der Waals surface area (Å²) in [7, 11) is 3.08. The van der Waals surface area contributed by atoms with E-state index >= 15 is 0 Å². The first-order chi connectivity index (χ1) is 17.6. The van der Waals surface area contributed by atoms with Crippen molar-refractivity contribution >= 4 is 17.6 Å². The molecule has 0 saturated heterocycles. The highest BCUT2D eigenvalue weighted by Gasteiger charge is 2.25. The van der Waals surface area contributed by atoms with Gasteiger partial charge in [0.1, 0.15) is 11.7 Å². The van der Waals surface area contributed by atoms with E-state index in [1.807, 2.05) is 78.9 Å². The molecular weight excluding hydrogens is 450 g/mol. The monoisotopic (exact) mass is 475 g/mol. The van der Waals surface area contributed by atoms with Gasteiger partial charge in [0.15, 0.2) is 11.5 Å². The highest BCUT2D eigenvalue weighted by molar-refractivity contribution is 5.92. The molecule has 0 heterocycles. The van der Waals surface area contributed by atoms with Crippen molar-refractivity contribution in [2.24, 2.45) is 0 Å². The van der Waals surface area contributed by atoms with Crippen LogP contribution < -0.4 is 14.2 Å². The second kappa shape index (κ2) is 11.5. The molecular formula is C31H25NO4. The van der Waals surface area contributed by atoms with E-state index in [0.717, 1.165) is 16.7 Å². The number of methoxy groups -OCH3 is 2. The van der Waals surface area contributed by atoms with Crippen molar-refractivity contribution in [3.05, 3.63) is 125 Å². The molecule has 0 atom stereocenters. The summed E-state index contributed by atoms with van der Waals surface area (Å²) in [4.78, 5) is 13.4. The molecule has 0 N–H and O–H groups in total. The minimum absolute atomic E-state index is 0.298. The molecule has 0 radical (unpaired) electrons. The third kappa shape index (κ3) is 5.45. The van der Waals surface area contributed by atoms with Crippen LogP contribution in [0.2, 0.25) is 0 Å². The Balaban J connectivity index is 1.65. The van der Waals surface area contributed by atoms with Crippen LogP contribution in [0.5, 0.6) is 17.2 Å². The van der Waals surface area contributed by atoms with Crippen LogP contribution in [0.15, 0.2) is 103 Å². The van der Waals surface area contributed by atoms with Crippen LogP contribution in [0.25, 0.3) is 11.6 Å². The van der Waals surface area contributed by atoms with Crippen LogP contribution >= 0.6 is 0 Å². The zero-order valence-corrected chi connectivity index (χ0v) is 20.0. The van der Waals surface area contributed by atoms with E-state index in [-0.39, 0.29) is 0 Å². The number of carbonyl (C=O) groups is 1. The number of ether oxygens (including phenoxy) is 3. The summed E-state index contributed by atoms with van der Waals surface area (Å²) in [6.07, 6.45) is 1.74. The van der Waals surface area contributed by atoms with Gasteiger partial charge >= 0.3 is 5.97 Å². The molecule has 5 heteroatoms. The maximum absolute atomic E-state index is 13.4. The van der Waals surface area contributed by atoms with Gasteiger partial charge in [-0.3, -0.25) is 4.79 Å². The van der Waals surface area contributed by atoms with Crippen molar-refractivity contribution < 1.29 is 19.0 Å². The summed E-state index contributed by atoms with van der Waals surface area (Å²) in [5.41, 5.74) is 3.51. The molecule has 0 saturated carbocycles. The van der Waals surface area contributed by atoms with Gasteiger partial charge in [0.05, 0.1) is 25.9 Å². The molecule has 5 nitrogen and oxygen atoms in total. The number of allylic oxidation sites excluding steroid dienone is 1. The number of benzene rings is 4. The Kier molecular flexibility index (Phi) is 7.80. The standard InChI is InChI=1S/C31H25NO4/c1-34-27-16-10-9-15-26(27)25(21-32)19-22-17-18-28(29(20-22)35-2)36-31(33)30(23-11-5-3-6-12-23)24-13-7-4-8-14-24/h3-20,30H,1-2H3/b25-19-. The number of carbonyl (C=O) groups excluding carboxylic acids is 1. The van der Waals surface area contributed by atoms with Crippen LogP contribution in [0.1, 0.15) is 28.2 Å². The fraction of sp³-hybridized carbons (Fsp3) is 0.0968. The lowest BCUT2D eigenvalue weighted by molar-refractivity contribution is -0.135. The average molecular weight is 476 g/mol. The zero-order chi connectivity index (χ0) is 25.3. The first kappa shape index (κ1) is 24.3. The summed E-state index contributed by atoms with van der Waals surface area (Å²) in [5, 5.41) is 9.76. The number of hydrogen-bond acceptors (Lipinski definition) is 5. The Morgan fingerprint density at radius 3 is 1.92 bits per heavy atom. The van der Waals surface area contributed by atoms with Crippen molar-refractivity contribution in [2.45, 2.75) is 5.92 Å². The topological polar surface area (TPSA) is 68.6 Å². The minimum Gasteiger partial charge on any atom is -0.496 e. The number of esters is 1.